The van der Waals surface area contributed by atoms with Crippen molar-refractivity contribution in [1.29, 1.82) is 0 Å². The summed E-state index contributed by atoms with van der Waals surface area (Å²) in [6.07, 6.45) is 1.76. The van der Waals surface area contributed by atoms with Crippen LogP contribution in [-0.2, 0) is 0 Å². The van der Waals surface area contributed by atoms with Gasteiger partial charge in [-0.1, -0.05) is 11.6 Å². The zero-order valence-electron chi connectivity index (χ0n) is 10.4. The number of fused-ring (bicyclic) bond motifs is 3. The van der Waals surface area contributed by atoms with E-state index in [2.05, 4.69) is 9.97 Å². The van der Waals surface area contributed by atoms with Gasteiger partial charge in [0.25, 0.3) is 0 Å². The number of hydrogen-bond donors (Lipinski definition) is 2. The van der Waals surface area contributed by atoms with Crippen LogP contribution in [0.3, 0.4) is 0 Å². The van der Waals surface area contributed by atoms with Crippen molar-refractivity contribution in [2.75, 3.05) is 0 Å². The van der Waals surface area contributed by atoms with Gasteiger partial charge in [0.15, 0.2) is 0 Å². The Morgan fingerprint density at radius 3 is 2.79 bits per heavy atom. The molecule has 0 aliphatic rings. The molecule has 3 rings (SSSR count). The third-order valence-corrected chi connectivity index (χ3v) is 3.60. The van der Waals surface area contributed by atoms with E-state index in [4.69, 9.17) is 11.6 Å². The lowest BCUT2D eigenvalue weighted by Gasteiger charge is -2.04. The van der Waals surface area contributed by atoms with Crippen molar-refractivity contribution in [2.24, 2.45) is 0 Å². The smallest absolute Gasteiger partial charge is 0.336 e. The van der Waals surface area contributed by atoms with E-state index in [1.54, 1.807) is 13.1 Å². The first-order valence-corrected chi connectivity index (χ1v) is 6.17. The van der Waals surface area contributed by atoms with Crippen molar-refractivity contribution in [3.05, 3.63) is 40.0 Å². The number of rotatable bonds is 1. The van der Waals surface area contributed by atoms with Gasteiger partial charge in [-0.15, -0.1) is 0 Å². The van der Waals surface area contributed by atoms with Crippen LogP contribution in [0.5, 0.6) is 0 Å². The molecule has 1 aromatic carbocycles. The minimum absolute atomic E-state index is 0.209. The summed E-state index contributed by atoms with van der Waals surface area (Å²) in [6.45, 7) is 3.72. The predicted octanol–water partition coefficient (Wildman–Crippen LogP) is 3.68. The number of halogens is 1. The Morgan fingerprint density at radius 1 is 1.37 bits per heavy atom. The number of carboxylic acids is 1. The molecule has 0 amide bonds. The Balaban J connectivity index is 2.54. The van der Waals surface area contributed by atoms with Crippen LogP contribution < -0.4 is 0 Å². The Kier molecular flexibility index (Phi) is 2.50. The highest BCUT2D eigenvalue weighted by molar-refractivity contribution is 6.38. The molecule has 0 fully saturated rings. The lowest BCUT2D eigenvalue weighted by Crippen LogP contribution is -2.00. The zero-order chi connectivity index (χ0) is 13.7. The third kappa shape index (κ3) is 1.68. The van der Waals surface area contributed by atoms with Gasteiger partial charge in [0, 0.05) is 17.0 Å². The summed E-state index contributed by atoms with van der Waals surface area (Å²) in [5.74, 6) is -0.982. The zero-order valence-corrected chi connectivity index (χ0v) is 11.2. The standard InChI is InChI=1S/C14H11ClN2O2/c1-6-3-9-11-10(15)4-8(14(18)19)7(2)12(11)17-13(9)16-5-6/h3-5H,1-2H3,(H,16,17)(H,18,19). The van der Waals surface area contributed by atoms with Crippen molar-refractivity contribution in [1.82, 2.24) is 9.97 Å². The molecule has 0 unspecified atom stereocenters. The van der Waals surface area contributed by atoms with Crippen LogP contribution in [0.2, 0.25) is 5.02 Å². The SMILES string of the molecule is Cc1cnc2[nH]c3c(C)c(C(=O)O)cc(Cl)c3c2c1. The van der Waals surface area contributed by atoms with E-state index < -0.39 is 5.97 Å². The second kappa shape index (κ2) is 3.96. The molecule has 0 radical (unpaired) electrons. The molecule has 0 saturated heterocycles. The number of nitrogens with zero attached hydrogens (tertiary/aromatic N) is 1. The van der Waals surface area contributed by atoms with Gasteiger partial charge in [0.1, 0.15) is 5.65 Å². The summed E-state index contributed by atoms with van der Waals surface area (Å²) in [5.41, 5.74) is 3.36. The molecule has 2 heterocycles. The minimum atomic E-state index is -0.982. The Morgan fingerprint density at radius 2 is 2.11 bits per heavy atom. The van der Waals surface area contributed by atoms with Crippen molar-refractivity contribution < 1.29 is 9.90 Å². The fraction of sp³-hybridized carbons (Fsp3) is 0.143. The predicted molar refractivity (Wildman–Crippen MR) is 75.0 cm³/mol. The fourth-order valence-electron chi connectivity index (χ4n) is 2.37. The molecular formula is C14H11ClN2O2. The van der Waals surface area contributed by atoms with E-state index >= 15 is 0 Å². The normalized spacial score (nSPS) is 11.3. The maximum Gasteiger partial charge on any atom is 0.336 e. The molecule has 4 nitrogen and oxygen atoms in total. The minimum Gasteiger partial charge on any atom is -0.478 e. The lowest BCUT2D eigenvalue weighted by molar-refractivity contribution is 0.0696. The number of H-pyrrole nitrogens is 1. The van der Waals surface area contributed by atoms with Crippen LogP contribution in [0.1, 0.15) is 21.5 Å². The number of nitrogens with one attached hydrogen (secondary N) is 1. The average molecular weight is 275 g/mol. The maximum atomic E-state index is 11.2. The second-order valence-electron chi connectivity index (χ2n) is 4.62. The van der Waals surface area contributed by atoms with E-state index in [0.29, 0.717) is 16.2 Å². The van der Waals surface area contributed by atoms with Gasteiger partial charge < -0.3 is 10.1 Å². The van der Waals surface area contributed by atoms with Gasteiger partial charge in [-0.05, 0) is 37.1 Å². The molecule has 0 bridgehead atoms. The molecule has 19 heavy (non-hydrogen) atoms. The van der Waals surface area contributed by atoms with Crippen molar-refractivity contribution >= 4 is 39.5 Å². The van der Waals surface area contributed by atoms with Gasteiger partial charge in [0.05, 0.1) is 16.1 Å². The van der Waals surface area contributed by atoms with E-state index in [1.165, 1.54) is 6.07 Å². The number of carboxylic acid groups (broad SMARTS) is 1. The van der Waals surface area contributed by atoms with Crippen molar-refractivity contribution in [3.63, 3.8) is 0 Å². The third-order valence-electron chi connectivity index (χ3n) is 3.31. The van der Waals surface area contributed by atoms with Crippen molar-refractivity contribution in [2.45, 2.75) is 13.8 Å². The van der Waals surface area contributed by atoms with E-state index in [1.807, 2.05) is 13.0 Å². The first kappa shape index (κ1) is 12.0. The van der Waals surface area contributed by atoms with Crippen LogP contribution in [0.15, 0.2) is 18.3 Å². The summed E-state index contributed by atoms with van der Waals surface area (Å²) in [5, 5.41) is 11.4. The summed E-state index contributed by atoms with van der Waals surface area (Å²) >= 11 is 6.24. The lowest BCUT2D eigenvalue weighted by atomic mass is 10.0. The number of pyridine rings is 1. The van der Waals surface area contributed by atoms with E-state index in [-0.39, 0.29) is 5.56 Å². The quantitative estimate of drug-likeness (QED) is 0.711. The van der Waals surface area contributed by atoms with Gasteiger partial charge in [-0.3, -0.25) is 0 Å². The molecule has 0 saturated carbocycles. The highest BCUT2D eigenvalue weighted by atomic mass is 35.5. The molecule has 5 heteroatoms. The second-order valence-corrected chi connectivity index (χ2v) is 5.03. The summed E-state index contributed by atoms with van der Waals surface area (Å²) in [7, 11) is 0. The van der Waals surface area contributed by atoms with Gasteiger partial charge in [-0.2, -0.15) is 0 Å². The number of benzene rings is 1. The maximum absolute atomic E-state index is 11.2. The number of aromatic nitrogens is 2. The van der Waals surface area contributed by atoms with Gasteiger partial charge in [0.2, 0.25) is 0 Å². The van der Waals surface area contributed by atoms with Crippen LogP contribution in [0.25, 0.3) is 21.9 Å². The Labute approximate surface area is 114 Å². The summed E-state index contributed by atoms with van der Waals surface area (Å²) in [4.78, 5) is 18.7. The number of carbonyl (C=O) groups is 1. The Bertz CT molecular complexity index is 836. The van der Waals surface area contributed by atoms with Crippen LogP contribution in [-0.4, -0.2) is 21.0 Å². The fourth-order valence-corrected chi connectivity index (χ4v) is 2.67. The number of hydrogen-bond acceptors (Lipinski definition) is 2. The average Bonchev–Trinajstić information content (AvgIpc) is 2.72. The monoisotopic (exact) mass is 274 g/mol. The molecule has 2 aromatic heterocycles. The molecule has 3 aromatic rings. The molecule has 0 aliphatic heterocycles. The van der Waals surface area contributed by atoms with Gasteiger partial charge >= 0.3 is 5.97 Å². The Hall–Kier alpha value is -2.07. The van der Waals surface area contributed by atoms with E-state index in [9.17, 15) is 9.90 Å². The van der Waals surface area contributed by atoms with Gasteiger partial charge in [-0.25, -0.2) is 9.78 Å². The topological polar surface area (TPSA) is 66.0 Å². The van der Waals surface area contributed by atoms with Crippen LogP contribution in [0.4, 0.5) is 0 Å². The number of aromatic carboxylic acids is 1. The molecule has 96 valence electrons. The number of aryl methyl sites for hydroxylation is 2. The molecule has 0 atom stereocenters. The molecule has 0 aliphatic carbocycles. The highest BCUT2D eigenvalue weighted by Crippen LogP contribution is 2.34. The first-order chi connectivity index (χ1) is 8.99. The van der Waals surface area contributed by atoms with Crippen molar-refractivity contribution in [3.8, 4) is 0 Å². The molecular weight excluding hydrogens is 264 g/mol. The summed E-state index contributed by atoms with van der Waals surface area (Å²) < 4.78 is 0. The first-order valence-electron chi connectivity index (χ1n) is 5.79. The van der Waals surface area contributed by atoms with E-state index in [0.717, 1.165) is 21.9 Å². The molecule has 0 spiro atoms. The van der Waals surface area contributed by atoms with Crippen LogP contribution >= 0.6 is 11.6 Å². The molecule has 2 N–H and O–H groups in total. The highest BCUT2D eigenvalue weighted by Gasteiger charge is 2.17. The van der Waals surface area contributed by atoms with Crippen LogP contribution in [0, 0.1) is 13.8 Å². The largest absolute Gasteiger partial charge is 0.478 e. The number of aromatic amines is 1. The summed E-state index contributed by atoms with van der Waals surface area (Å²) in [6, 6.07) is 3.49.